The molecule has 0 spiro atoms. The molecule has 7 heteroatoms. The van der Waals surface area contributed by atoms with Crippen molar-refractivity contribution in [1.82, 2.24) is 10.3 Å². The highest BCUT2D eigenvalue weighted by molar-refractivity contribution is 5.89. The number of benzene rings is 1. The summed E-state index contributed by atoms with van der Waals surface area (Å²) in [7, 11) is 0. The van der Waals surface area contributed by atoms with E-state index in [4.69, 9.17) is 14.3 Å². The lowest BCUT2D eigenvalue weighted by atomic mass is 10.1. The SMILES string of the molecule is CC(C)(C)OC(=O)NCC1=NOC(COc2ccccc2-c2cccnc2)C1. The van der Waals surface area contributed by atoms with E-state index in [9.17, 15) is 4.79 Å². The van der Waals surface area contributed by atoms with Crippen molar-refractivity contribution in [3.05, 3.63) is 48.8 Å². The van der Waals surface area contributed by atoms with Gasteiger partial charge in [0.05, 0.1) is 12.3 Å². The average molecular weight is 383 g/mol. The Morgan fingerprint density at radius 2 is 2.07 bits per heavy atom. The smallest absolute Gasteiger partial charge is 0.407 e. The van der Waals surface area contributed by atoms with Crippen LogP contribution in [0.4, 0.5) is 4.79 Å². The number of alkyl carbamates (subject to hydrolysis) is 1. The summed E-state index contributed by atoms with van der Waals surface area (Å²) in [6, 6.07) is 11.7. The van der Waals surface area contributed by atoms with Gasteiger partial charge in [0.25, 0.3) is 0 Å². The zero-order valence-corrected chi connectivity index (χ0v) is 16.3. The van der Waals surface area contributed by atoms with E-state index in [2.05, 4.69) is 15.5 Å². The number of pyridine rings is 1. The van der Waals surface area contributed by atoms with Crippen molar-refractivity contribution in [2.24, 2.45) is 5.16 Å². The van der Waals surface area contributed by atoms with Crippen LogP contribution in [-0.4, -0.2) is 41.6 Å². The van der Waals surface area contributed by atoms with Crippen LogP contribution in [0.1, 0.15) is 27.2 Å². The number of ether oxygens (including phenoxy) is 2. The maximum atomic E-state index is 11.7. The minimum Gasteiger partial charge on any atom is -0.489 e. The van der Waals surface area contributed by atoms with Crippen LogP contribution < -0.4 is 10.1 Å². The number of nitrogens with zero attached hydrogens (tertiary/aromatic N) is 2. The Kier molecular flexibility index (Phi) is 6.13. The fraction of sp³-hybridized carbons (Fsp3) is 0.381. The van der Waals surface area contributed by atoms with Crippen LogP contribution in [-0.2, 0) is 9.57 Å². The molecule has 1 N–H and O–H groups in total. The van der Waals surface area contributed by atoms with E-state index >= 15 is 0 Å². The molecule has 0 bridgehead atoms. The third-order valence-corrected chi connectivity index (χ3v) is 3.91. The second-order valence-corrected chi connectivity index (χ2v) is 7.49. The largest absolute Gasteiger partial charge is 0.489 e. The van der Waals surface area contributed by atoms with E-state index in [-0.39, 0.29) is 12.6 Å². The first-order valence-electron chi connectivity index (χ1n) is 9.21. The molecule has 0 saturated carbocycles. The molecule has 148 valence electrons. The van der Waals surface area contributed by atoms with Gasteiger partial charge in [0.1, 0.15) is 18.0 Å². The Bertz CT molecular complexity index is 831. The topological polar surface area (TPSA) is 82.0 Å². The molecule has 0 fully saturated rings. The Morgan fingerprint density at radius 1 is 1.25 bits per heavy atom. The van der Waals surface area contributed by atoms with Crippen molar-refractivity contribution in [1.29, 1.82) is 0 Å². The number of hydrogen-bond donors (Lipinski definition) is 1. The predicted octanol–water partition coefficient (Wildman–Crippen LogP) is 3.80. The molecule has 0 radical (unpaired) electrons. The van der Waals surface area contributed by atoms with Gasteiger partial charge in [0.2, 0.25) is 0 Å². The third kappa shape index (κ3) is 5.70. The maximum Gasteiger partial charge on any atom is 0.407 e. The number of oxime groups is 1. The van der Waals surface area contributed by atoms with E-state index in [0.717, 1.165) is 22.6 Å². The first-order valence-corrected chi connectivity index (χ1v) is 9.21. The molecule has 0 aliphatic carbocycles. The maximum absolute atomic E-state index is 11.7. The third-order valence-electron chi connectivity index (χ3n) is 3.91. The summed E-state index contributed by atoms with van der Waals surface area (Å²) in [6.07, 6.45) is 3.46. The van der Waals surface area contributed by atoms with E-state index in [1.54, 1.807) is 12.4 Å². The molecule has 7 nitrogen and oxygen atoms in total. The summed E-state index contributed by atoms with van der Waals surface area (Å²) in [4.78, 5) is 21.3. The van der Waals surface area contributed by atoms with Crippen molar-refractivity contribution >= 4 is 11.8 Å². The zero-order chi connectivity index (χ0) is 20.0. The molecule has 1 aromatic carbocycles. The summed E-state index contributed by atoms with van der Waals surface area (Å²) in [6.45, 7) is 6.10. The van der Waals surface area contributed by atoms with Gasteiger partial charge in [-0.05, 0) is 32.9 Å². The molecule has 1 aliphatic rings. The van der Waals surface area contributed by atoms with Gasteiger partial charge in [-0.25, -0.2) is 4.79 Å². The van der Waals surface area contributed by atoms with Crippen molar-refractivity contribution < 1.29 is 19.1 Å². The number of carbonyl (C=O) groups excluding carboxylic acids is 1. The van der Waals surface area contributed by atoms with Gasteiger partial charge in [0, 0.05) is 29.9 Å². The molecule has 1 unspecified atom stereocenters. The molecular formula is C21H25N3O4. The van der Waals surface area contributed by atoms with E-state index in [1.165, 1.54) is 0 Å². The normalized spacial score (nSPS) is 16.1. The molecule has 2 heterocycles. The fourth-order valence-corrected chi connectivity index (χ4v) is 2.70. The minimum atomic E-state index is -0.532. The standard InChI is InChI=1S/C21H25N3O4/c1-21(2,3)27-20(25)23-13-16-11-17(28-24-16)14-26-19-9-5-4-8-18(19)15-7-6-10-22-12-15/h4-10,12,17H,11,13-14H2,1-3H3,(H,23,25). The molecule has 2 aromatic rings. The van der Waals surface area contributed by atoms with Crippen LogP contribution in [0.25, 0.3) is 11.1 Å². The number of amides is 1. The Labute approximate surface area is 164 Å². The first-order chi connectivity index (χ1) is 13.4. The van der Waals surface area contributed by atoms with Gasteiger partial charge in [-0.15, -0.1) is 0 Å². The first kappa shape index (κ1) is 19.7. The van der Waals surface area contributed by atoms with Gasteiger partial charge < -0.3 is 19.6 Å². The predicted molar refractivity (Wildman–Crippen MR) is 106 cm³/mol. The Hall–Kier alpha value is -3.09. The van der Waals surface area contributed by atoms with Crippen molar-refractivity contribution in [3.63, 3.8) is 0 Å². The summed E-state index contributed by atoms with van der Waals surface area (Å²) < 4.78 is 11.2. The molecule has 1 amide bonds. The van der Waals surface area contributed by atoms with Gasteiger partial charge in [-0.3, -0.25) is 4.98 Å². The molecule has 1 aliphatic heterocycles. The van der Waals surface area contributed by atoms with Gasteiger partial charge >= 0.3 is 6.09 Å². The van der Waals surface area contributed by atoms with Crippen LogP contribution in [0, 0.1) is 0 Å². The van der Waals surface area contributed by atoms with Crippen molar-refractivity contribution in [3.8, 4) is 16.9 Å². The highest BCUT2D eigenvalue weighted by Crippen LogP contribution is 2.29. The van der Waals surface area contributed by atoms with Crippen LogP contribution in [0.15, 0.2) is 53.9 Å². The van der Waals surface area contributed by atoms with Gasteiger partial charge in [-0.2, -0.15) is 0 Å². The molecule has 1 aromatic heterocycles. The molecule has 0 saturated heterocycles. The quantitative estimate of drug-likeness (QED) is 0.820. The van der Waals surface area contributed by atoms with Crippen LogP contribution >= 0.6 is 0 Å². The Balaban J connectivity index is 1.48. The highest BCUT2D eigenvalue weighted by atomic mass is 16.7. The summed E-state index contributed by atoms with van der Waals surface area (Å²) in [5.41, 5.74) is 2.18. The fourth-order valence-electron chi connectivity index (χ4n) is 2.70. The molecule has 1 atom stereocenters. The lowest BCUT2D eigenvalue weighted by Crippen LogP contribution is -2.35. The van der Waals surface area contributed by atoms with Crippen LogP contribution in [0.5, 0.6) is 5.75 Å². The van der Waals surface area contributed by atoms with E-state index < -0.39 is 11.7 Å². The number of nitrogens with one attached hydrogen (secondary N) is 1. The van der Waals surface area contributed by atoms with Crippen molar-refractivity contribution in [2.45, 2.75) is 38.9 Å². The average Bonchev–Trinajstić information content (AvgIpc) is 3.12. The lowest BCUT2D eigenvalue weighted by molar-refractivity contribution is 0.0472. The second kappa shape index (κ2) is 8.73. The molecular weight excluding hydrogens is 358 g/mol. The Morgan fingerprint density at radius 3 is 2.82 bits per heavy atom. The van der Waals surface area contributed by atoms with Gasteiger partial charge in [-0.1, -0.05) is 29.4 Å². The lowest BCUT2D eigenvalue weighted by Gasteiger charge is -2.19. The summed E-state index contributed by atoms with van der Waals surface area (Å²) in [5.74, 6) is 0.763. The van der Waals surface area contributed by atoms with E-state index in [0.29, 0.717) is 13.0 Å². The number of para-hydroxylation sites is 1. The second-order valence-electron chi connectivity index (χ2n) is 7.49. The number of rotatable bonds is 6. The van der Waals surface area contributed by atoms with E-state index in [1.807, 2.05) is 57.2 Å². The molecule has 3 rings (SSSR count). The summed E-state index contributed by atoms with van der Waals surface area (Å²) in [5, 5.41) is 6.72. The summed E-state index contributed by atoms with van der Waals surface area (Å²) >= 11 is 0. The number of hydrogen-bond acceptors (Lipinski definition) is 6. The number of aromatic nitrogens is 1. The zero-order valence-electron chi connectivity index (χ0n) is 16.3. The van der Waals surface area contributed by atoms with Crippen LogP contribution in [0.2, 0.25) is 0 Å². The van der Waals surface area contributed by atoms with Crippen molar-refractivity contribution in [2.75, 3.05) is 13.2 Å². The molecule has 28 heavy (non-hydrogen) atoms. The highest BCUT2D eigenvalue weighted by Gasteiger charge is 2.23. The monoisotopic (exact) mass is 383 g/mol. The number of carbonyl (C=O) groups is 1. The van der Waals surface area contributed by atoms with Gasteiger partial charge in [0.15, 0.2) is 6.10 Å². The van der Waals surface area contributed by atoms with Crippen LogP contribution in [0.3, 0.4) is 0 Å². The minimum absolute atomic E-state index is 0.197.